The van der Waals surface area contributed by atoms with Crippen LogP contribution in [0.4, 0.5) is 0 Å². The summed E-state index contributed by atoms with van der Waals surface area (Å²) in [6, 6.07) is 10.1. The summed E-state index contributed by atoms with van der Waals surface area (Å²) in [5.74, 6) is 0.334. The highest BCUT2D eigenvalue weighted by atomic mass is 16.5. The van der Waals surface area contributed by atoms with E-state index >= 15 is 0 Å². The van der Waals surface area contributed by atoms with Crippen LogP contribution in [0.3, 0.4) is 0 Å². The van der Waals surface area contributed by atoms with E-state index in [1.807, 2.05) is 37.3 Å². The summed E-state index contributed by atoms with van der Waals surface area (Å²) in [6.45, 7) is 6.74. The first-order valence-electron chi connectivity index (χ1n) is 6.52. The van der Waals surface area contributed by atoms with Gasteiger partial charge in [0.2, 0.25) is 0 Å². The standard InChI is InChI=1S/C15H24O2/c1-4-14(5-2)15(16)12(3)17-11-13-9-7-6-8-10-13/h6-10,12,14-16H,4-5,11H2,1-3H3. The molecule has 0 saturated carbocycles. The Morgan fingerprint density at radius 3 is 2.24 bits per heavy atom. The number of ether oxygens (including phenoxy) is 1. The van der Waals surface area contributed by atoms with E-state index in [2.05, 4.69) is 13.8 Å². The van der Waals surface area contributed by atoms with Crippen molar-refractivity contribution >= 4 is 0 Å². The minimum atomic E-state index is -0.367. The van der Waals surface area contributed by atoms with E-state index in [-0.39, 0.29) is 12.2 Å². The number of benzene rings is 1. The molecule has 0 saturated heterocycles. The molecule has 0 fully saturated rings. The zero-order chi connectivity index (χ0) is 12.7. The number of hydrogen-bond acceptors (Lipinski definition) is 2. The summed E-state index contributed by atoms with van der Waals surface area (Å²) in [6.07, 6.45) is 1.52. The second-order valence-corrected chi connectivity index (χ2v) is 4.57. The van der Waals surface area contributed by atoms with Crippen LogP contribution >= 0.6 is 0 Å². The van der Waals surface area contributed by atoms with Crippen molar-refractivity contribution in [3.05, 3.63) is 35.9 Å². The number of hydrogen-bond donors (Lipinski definition) is 1. The van der Waals surface area contributed by atoms with Crippen molar-refractivity contribution in [3.63, 3.8) is 0 Å². The molecule has 1 N–H and O–H groups in total. The maximum atomic E-state index is 10.1. The molecule has 2 nitrogen and oxygen atoms in total. The zero-order valence-corrected chi connectivity index (χ0v) is 11.1. The van der Waals surface area contributed by atoms with Crippen LogP contribution in [-0.2, 0) is 11.3 Å². The molecule has 0 heterocycles. The van der Waals surface area contributed by atoms with Gasteiger partial charge in [0.1, 0.15) is 0 Å². The molecule has 1 rings (SSSR count). The summed E-state index contributed by atoms with van der Waals surface area (Å²) in [7, 11) is 0. The Morgan fingerprint density at radius 2 is 1.71 bits per heavy atom. The third kappa shape index (κ3) is 4.49. The van der Waals surface area contributed by atoms with Gasteiger partial charge in [-0.25, -0.2) is 0 Å². The maximum Gasteiger partial charge on any atom is 0.0827 e. The average Bonchev–Trinajstić information content (AvgIpc) is 2.38. The first-order valence-corrected chi connectivity index (χ1v) is 6.52. The van der Waals surface area contributed by atoms with E-state index in [9.17, 15) is 5.11 Å². The molecule has 0 aliphatic carbocycles. The Bertz CT molecular complexity index is 293. The Hall–Kier alpha value is -0.860. The van der Waals surface area contributed by atoms with E-state index < -0.39 is 0 Å². The molecule has 2 heteroatoms. The lowest BCUT2D eigenvalue weighted by atomic mass is 9.93. The molecule has 0 bridgehead atoms. The highest BCUT2D eigenvalue weighted by Gasteiger charge is 2.22. The van der Waals surface area contributed by atoms with Gasteiger partial charge in [-0.15, -0.1) is 0 Å². The second kappa shape index (κ2) is 7.46. The van der Waals surface area contributed by atoms with Gasteiger partial charge in [-0.2, -0.15) is 0 Å². The summed E-state index contributed by atoms with van der Waals surface area (Å²) >= 11 is 0. The van der Waals surface area contributed by atoms with Gasteiger partial charge in [-0.1, -0.05) is 57.0 Å². The largest absolute Gasteiger partial charge is 0.390 e. The van der Waals surface area contributed by atoms with Crippen LogP contribution in [0.25, 0.3) is 0 Å². The van der Waals surface area contributed by atoms with Crippen LogP contribution in [0.5, 0.6) is 0 Å². The fourth-order valence-electron chi connectivity index (χ4n) is 2.06. The van der Waals surface area contributed by atoms with Crippen LogP contribution < -0.4 is 0 Å². The van der Waals surface area contributed by atoms with Crippen molar-refractivity contribution in [2.24, 2.45) is 5.92 Å². The molecule has 2 atom stereocenters. The van der Waals surface area contributed by atoms with E-state index in [1.54, 1.807) is 0 Å². The van der Waals surface area contributed by atoms with E-state index in [0.717, 1.165) is 18.4 Å². The van der Waals surface area contributed by atoms with Crippen molar-refractivity contribution in [3.8, 4) is 0 Å². The summed E-state index contributed by atoms with van der Waals surface area (Å²) < 4.78 is 5.72. The molecule has 17 heavy (non-hydrogen) atoms. The zero-order valence-electron chi connectivity index (χ0n) is 11.1. The van der Waals surface area contributed by atoms with Crippen LogP contribution in [0.1, 0.15) is 39.2 Å². The highest BCUT2D eigenvalue weighted by molar-refractivity contribution is 5.13. The lowest BCUT2D eigenvalue weighted by Crippen LogP contribution is -2.32. The fraction of sp³-hybridized carbons (Fsp3) is 0.600. The van der Waals surface area contributed by atoms with Gasteiger partial charge in [0.15, 0.2) is 0 Å². The van der Waals surface area contributed by atoms with Crippen molar-refractivity contribution in [2.75, 3.05) is 0 Å². The van der Waals surface area contributed by atoms with Gasteiger partial charge in [-0.05, 0) is 18.4 Å². The van der Waals surface area contributed by atoms with Gasteiger partial charge in [-0.3, -0.25) is 0 Å². The molecule has 1 aromatic carbocycles. The monoisotopic (exact) mass is 236 g/mol. The molecule has 0 spiro atoms. The minimum absolute atomic E-state index is 0.111. The van der Waals surface area contributed by atoms with Gasteiger partial charge < -0.3 is 9.84 Å². The second-order valence-electron chi connectivity index (χ2n) is 4.57. The normalized spacial score (nSPS) is 14.9. The lowest BCUT2D eigenvalue weighted by molar-refractivity contribution is -0.0609. The number of rotatable bonds is 7. The van der Waals surface area contributed by atoms with Crippen molar-refractivity contribution in [2.45, 2.75) is 52.4 Å². The van der Waals surface area contributed by atoms with E-state index in [0.29, 0.717) is 12.5 Å². The fourth-order valence-corrected chi connectivity index (χ4v) is 2.06. The van der Waals surface area contributed by atoms with Gasteiger partial charge in [0, 0.05) is 0 Å². The Kier molecular flexibility index (Phi) is 6.23. The van der Waals surface area contributed by atoms with Crippen LogP contribution in [0.15, 0.2) is 30.3 Å². The molecule has 0 radical (unpaired) electrons. The molecule has 0 aliphatic heterocycles. The molecule has 96 valence electrons. The highest BCUT2D eigenvalue weighted by Crippen LogP contribution is 2.18. The first-order chi connectivity index (χ1) is 8.19. The summed E-state index contributed by atoms with van der Waals surface area (Å²) in [4.78, 5) is 0. The van der Waals surface area contributed by atoms with Crippen LogP contribution in [-0.4, -0.2) is 17.3 Å². The smallest absolute Gasteiger partial charge is 0.0827 e. The van der Waals surface area contributed by atoms with E-state index in [1.165, 1.54) is 0 Å². The number of aliphatic hydroxyl groups is 1. The Morgan fingerprint density at radius 1 is 1.12 bits per heavy atom. The number of aliphatic hydroxyl groups excluding tert-OH is 1. The average molecular weight is 236 g/mol. The van der Waals surface area contributed by atoms with Crippen LogP contribution in [0, 0.1) is 5.92 Å². The molecule has 0 aliphatic rings. The lowest BCUT2D eigenvalue weighted by Gasteiger charge is -2.26. The van der Waals surface area contributed by atoms with Crippen molar-refractivity contribution in [1.29, 1.82) is 0 Å². The minimum Gasteiger partial charge on any atom is -0.390 e. The Balaban J connectivity index is 2.41. The quantitative estimate of drug-likeness (QED) is 0.786. The molecular formula is C15H24O2. The van der Waals surface area contributed by atoms with E-state index in [4.69, 9.17) is 4.74 Å². The van der Waals surface area contributed by atoms with Crippen molar-refractivity contribution in [1.82, 2.24) is 0 Å². The summed E-state index contributed by atoms with van der Waals surface area (Å²) in [5.41, 5.74) is 1.15. The van der Waals surface area contributed by atoms with Gasteiger partial charge in [0.05, 0.1) is 18.8 Å². The molecule has 2 unspecified atom stereocenters. The predicted octanol–water partition coefficient (Wildman–Crippen LogP) is 3.39. The van der Waals surface area contributed by atoms with Crippen LogP contribution in [0.2, 0.25) is 0 Å². The Labute approximate surface area is 105 Å². The van der Waals surface area contributed by atoms with Crippen molar-refractivity contribution < 1.29 is 9.84 Å². The SMILES string of the molecule is CCC(CC)C(O)C(C)OCc1ccccc1. The first kappa shape index (κ1) is 14.2. The molecule has 0 amide bonds. The predicted molar refractivity (Wildman–Crippen MR) is 70.8 cm³/mol. The van der Waals surface area contributed by atoms with Gasteiger partial charge in [0.25, 0.3) is 0 Å². The topological polar surface area (TPSA) is 29.5 Å². The summed E-state index contributed by atoms with van der Waals surface area (Å²) in [5, 5.41) is 10.1. The molecular weight excluding hydrogens is 212 g/mol. The molecule has 0 aromatic heterocycles. The third-order valence-electron chi connectivity index (χ3n) is 3.37. The third-order valence-corrected chi connectivity index (χ3v) is 3.37. The van der Waals surface area contributed by atoms with Gasteiger partial charge >= 0.3 is 0 Å². The maximum absolute atomic E-state index is 10.1. The molecule has 1 aromatic rings.